The van der Waals surface area contributed by atoms with Crippen molar-refractivity contribution in [3.63, 3.8) is 0 Å². The second-order valence-corrected chi connectivity index (χ2v) is 17.3. The van der Waals surface area contributed by atoms with Crippen molar-refractivity contribution in [1.29, 1.82) is 10.5 Å². The Kier molecular flexibility index (Phi) is 12.2. The Balaban J connectivity index is 0.000000238. The summed E-state index contributed by atoms with van der Waals surface area (Å²) in [6, 6.07) is 17.2. The first kappa shape index (κ1) is 44.8. The third kappa shape index (κ3) is 7.63. The number of rotatable bonds is 11. The van der Waals surface area contributed by atoms with Gasteiger partial charge in [-0.25, -0.2) is 24.1 Å². The summed E-state index contributed by atoms with van der Waals surface area (Å²) < 4.78 is 39.5. The fourth-order valence-electron chi connectivity index (χ4n) is 7.40. The second-order valence-electron chi connectivity index (χ2n) is 15.2. The van der Waals surface area contributed by atoms with E-state index in [1.807, 2.05) is 12.1 Å². The van der Waals surface area contributed by atoms with E-state index in [2.05, 4.69) is 25.3 Å². The highest BCUT2D eigenvalue weighted by Gasteiger charge is 2.67. The topological polar surface area (TPSA) is 344 Å². The first-order valence-electron chi connectivity index (χ1n) is 18.8. The van der Waals surface area contributed by atoms with E-state index in [0.29, 0.717) is 11.0 Å². The second kappa shape index (κ2) is 16.6. The van der Waals surface area contributed by atoms with Gasteiger partial charge >= 0.3 is 13.5 Å². The lowest BCUT2D eigenvalue weighted by atomic mass is 9.80. The molecule has 0 amide bonds. The van der Waals surface area contributed by atoms with Crippen LogP contribution >= 0.6 is 7.52 Å². The van der Waals surface area contributed by atoms with Crippen molar-refractivity contribution in [2.75, 3.05) is 24.2 Å². The zero-order valence-corrected chi connectivity index (χ0v) is 34.5. The minimum Gasteiger partial charge on any atom is -0.462 e. The molecule has 22 nitrogen and oxygen atoms in total. The van der Waals surface area contributed by atoms with E-state index < -0.39 is 85.2 Å². The maximum absolute atomic E-state index is 14.2. The molecule has 2 aliphatic heterocycles. The quantitative estimate of drug-likeness (QED) is 0.0653. The van der Waals surface area contributed by atoms with Gasteiger partial charge in [0.05, 0.1) is 30.3 Å². The number of carbonyl (C=O) groups is 1. The minimum absolute atomic E-state index is 0.0845. The number of hydrogen-bond acceptors (Lipinski definition) is 19. The number of nitrogens with one attached hydrogen (secondary N) is 1. The van der Waals surface area contributed by atoms with Crippen LogP contribution < -0.4 is 21.1 Å². The van der Waals surface area contributed by atoms with Gasteiger partial charge in [-0.3, -0.25) is 9.36 Å². The van der Waals surface area contributed by atoms with Gasteiger partial charge in [-0.05, 0) is 71.0 Å². The van der Waals surface area contributed by atoms with Crippen molar-refractivity contribution in [3.05, 3.63) is 78.6 Å². The SMILES string of the molecule is CC(C)OC(=O)[C@H](C)N[P@](=O)(C[C@H]1O[C@@](C#N)(c2ccc3c(N)ncnn23)[C@](C)(O)[C@@H]1O)Oc1ccccc1.C[C@@]1(O)[C@H](O)[C@@H](CO)O[C@@]1(C#N)c1ccc2c(N)ncnn12. The van der Waals surface area contributed by atoms with Gasteiger partial charge in [-0.1, -0.05) is 18.2 Å². The van der Waals surface area contributed by atoms with Crippen LogP contribution in [0.25, 0.3) is 11.0 Å². The summed E-state index contributed by atoms with van der Waals surface area (Å²) in [5, 5.41) is 83.7. The number of nitrogens with zero attached hydrogens (tertiary/aromatic N) is 8. The highest BCUT2D eigenvalue weighted by molar-refractivity contribution is 7.57. The number of para-hydroxylation sites is 1. The predicted molar refractivity (Wildman–Crippen MR) is 213 cm³/mol. The summed E-state index contributed by atoms with van der Waals surface area (Å²) in [4.78, 5) is 20.3. The standard InChI is InChI=1S/C25H31N6O7P.C13H15N5O4/c1-15(2)36-23(33)16(3)30-39(35,38-17-8-6-5-7-9-17)12-19-21(32)24(4,34)25(13-26,37-19)20-11-10-18-22(27)28-14-29-31(18)20;1-12(21)10(20)8(4-19)22-13(12,5-14)9-3-2-7-11(15)16-6-17-18(7)9/h5-11,14-16,19,21,32,34H,12H2,1-4H3,(H,30,35)(H2,27,28,29);2-3,6,8,10,19-21H,4H2,1H3,(H2,15,16,17)/t16-,19+,21+,24+,25-,39-;8-,10-,12-,13+/m01/s1. The minimum atomic E-state index is -4.05. The molecule has 0 aliphatic carbocycles. The maximum atomic E-state index is 14.2. The van der Waals surface area contributed by atoms with Crippen LogP contribution in [0.3, 0.4) is 0 Å². The summed E-state index contributed by atoms with van der Waals surface area (Å²) in [6.45, 7) is 6.80. The smallest absolute Gasteiger partial charge is 0.323 e. The number of carbonyl (C=O) groups excluding carboxylic acids is 1. The molecule has 7 rings (SSSR count). The summed E-state index contributed by atoms with van der Waals surface area (Å²) in [7, 11) is -4.05. The van der Waals surface area contributed by atoms with Crippen LogP contribution in [0.1, 0.15) is 46.0 Å². The third-order valence-corrected chi connectivity index (χ3v) is 12.8. The Morgan fingerprint density at radius 2 is 1.34 bits per heavy atom. The highest BCUT2D eigenvalue weighted by atomic mass is 31.2. The molecule has 0 unspecified atom stereocenters. The number of nitriles is 2. The molecule has 2 fully saturated rings. The third-order valence-electron chi connectivity index (χ3n) is 10.6. The molecule has 0 saturated carbocycles. The van der Waals surface area contributed by atoms with Crippen molar-refractivity contribution in [1.82, 2.24) is 34.3 Å². The van der Waals surface area contributed by atoms with Crippen LogP contribution in [0.2, 0.25) is 0 Å². The molecule has 0 spiro atoms. The van der Waals surface area contributed by atoms with Gasteiger partial charge < -0.3 is 55.7 Å². The van der Waals surface area contributed by atoms with E-state index in [0.717, 1.165) is 0 Å². The average Bonchev–Trinajstić information content (AvgIpc) is 3.94. The molecule has 6 heterocycles. The number of nitrogen functional groups attached to an aromatic ring is 2. The first-order valence-corrected chi connectivity index (χ1v) is 20.6. The van der Waals surface area contributed by atoms with Gasteiger partial charge in [0, 0.05) is 0 Å². The Labute approximate surface area is 348 Å². The molecule has 4 aromatic heterocycles. The van der Waals surface area contributed by atoms with Crippen LogP contribution in [0, 0.1) is 22.7 Å². The summed E-state index contributed by atoms with van der Waals surface area (Å²) in [5.41, 5.74) is 4.55. The molecule has 5 aromatic rings. The summed E-state index contributed by atoms with van der Waals surface area (Å²) in [5.74, 6) is -0.101. The van der Waals surface area contributed by atoms with Crippen LogP contribution in [0.5, 0.6) is 5.75 Å². The van der Waals surface area contributed by atoms with Crippen molar-refractivity contribution in [2.45, 2.75) is 93.6 Å². The zero-order valence-electron chi connectivity index (χ0n) is 33.6. The predicted octanol–water partition coefficient (Wildman–Crippen LogP) is 0.276. The normalized spacial score (nSPS) is 29.9. The number of nitrogens with two attached hydrogens (primary N) is 2. The molecular formula is C38H46N11O11P. The molecule has 10 atom stereocenters. The summed E-state index contributed by atoms with van der Waals surface area (Å²) >= 11 is 0. The van der Waals surface area contributed by atoms with Crippen LogP contribution in [-0.4, -0.2) is 121 Å². The average molecular weight is 864 g/mol. The van der Waals surface area contributed by atoms with Crippen molar-refractivity contribution in [3.8, 4) is 17.9 Å². The fraction of sp³-hybridized carbons (Fsp3) is 0.447. The summed E-state index contributed by atoms with van der Waals surface area (Å²) in [6.07, 6.45) is -4.14. The number of aliphatic hydroxyl groups excluding tert-OH is 3. The van der Waals surface area contributed by atoms with Crippen molar-refractivity contribution in [2.24, 2.45) is 0 Å². The van der Waals surface area contributed by atoms with Crippen molar-refractivity contribution < 1.29 is 53.6 Å². The Morgan fingerprint density at radius 3 is 1.79 bits per heavy atom. The number of aliphatic hydroxyl groups is 5. The molecule has 324 valence electrons. The molecular weight excluding hydrogens is 817 g/mol. The van der Waals surface area contributed by atoms with Crippen molar-refractivity contribution >= 4 is 36.2 Å². The van der Waals surface area contributed by atoms with E-state index >= 15 is 0 Å². The zero-order chi connectivity index (χ0) is 44.7. The fourth-order valence-corrected chi connectivity index (χ4v) is 9.53. The number of fused-ring (bicyclic) bond motifs is 2. The lowest BCUT2D eigenvalue weighted by molar-refractivity contribution is -0.149. The lowest BCUT2D eigenvalue weighted by Gasteiger charge is -2.33. The lowest BCUT2D eigenvalue weighted by Crippen LogP contribution is -2.52. The van der Waals surface area contributed by atoms with E-state index in [4.69, 9.17) is 30.2 Å². The van der Waals surface area contributed by atoms with Crippen LogP contribution in [-0.2, 0) is 34.8 Å². The number of hydrogen-bond donors (Lipinski definition) is 8. The Hall–Kier alpha value is -5.78. The molecule has 2 saturated heterocycles. The molecule has 10 N–H and O–H groups in total. The monoisotopic (exact) mass is 863 g/mol. The number of benzene rings is 1. The van der Waals surface area contributed by atoms with Gasteiger partial charge in [0.1, 0.15) is 83.2 Å². The van der Waals surface area contributed by atoms with E-state index in [9.17, 15) is 45.4 Å². The molecule has 0 radical (unpaired) electrons. The molecule has 1 aromatic carbocycles. The number of ether oxygens (including phenoxy) is 3. The van der Waals surface area contributed by atoms with E-state index in [-0.39, 0.29) is 28.8 Å². The number of esters is 1. The molecule has 0 bridgehead atoms. The molecule has 2 aliphatic rings. The first-order chi connectivity index (χ1) is 28.7. The Morgan fingerprint density at radius 1 is 0.869 bits per heavy atom. The molecule has 61 heavy (non-hydrogen) atoms. The van der Waals surface area contributed by atoms with Gasteiger partial charge in [0.15, 0.2) is 11.6 Å². The van der Waals surface area contributed by atoms with Gasteiger partial charge in [0.2, 0.25) is 11.2 Å². The van der Waals surface area contributed by atoms with E-state index in [1.165, 1.54) is 54.6 Å². The number of anilines is 2. The van der Waals surface area contributed by atoms with Gasteiger partial charge in [-0.15, -0.1) is 0 Å². The Bertz CT molecular complexity index is 2540. The molecule has 23 heteroatoms. The van der Waals surface area contributed by atoms with E-state index in [1.54, 1.807) is 56.3 Å². The van der Waals surface area contributed by atoms with Gasteiger partial charge in [0.25, 0.3) is 0 Å². The maximum Gasteiger partial charge on any atom is 0.323 e. The van der Waals surface area contributed by atoms with Crippen LogP contribution in [0.15, 0.2) is 67.3 Å². The van der Waals surface area contributed by atoms with Gasteiger partial charge in [-0.2, -0.15) is 20.7 Å². The highest BCUT2D eigenvalue weighted by Crippen LogP contribution is 2.53. The largest absolute Gasteiger partial charge is 0.462 e. The number of aromatic nitrogens is 6. The van der Waals surface area contributed by atoms with Crippen LogP contribution in [0.4, 0.5) is 11.6 Å².